The van der Waals surface area contributed by atoms with E-state index >= 15 is 0 Å². The van der Waals surface area contributed by atoms with Crippen LogP contribution in [0.4, 0.5) is 5.69 Å². The lowest BCUT2D eigenvalue weighted by Crippen LogP contribution is -2.31. The van der Waals surface area contributed by atoms with Crippen molar-refractivity contribution in [3.63, 3.8) is 0 Å². The van der Waals surface area contributed by atoms with Gasteiger partial charge in [0.25, 0.3) is 5.91 Å². The summed E-state index contributed by atoms with van der Waals surface area (Å²) >= 11 is 6.00. The molecule has 1 atom stereocenters. The first-order valence-corrected chi connectivity index (χ1v) is 9.00. The molecule has 0 aromatic heterocycles. The van der Waals surface area contributed by atoms with Crippen LogP contribution < -0.4 is 14.8 Å². The van der Waals surface area contributed by atoms with E-state index < -0.39 is 18.0 Å². The number of ether oxygens (including phenoxy) is 3. The average Bonchev–Trinajstić information content (AvgIpc) is 2.68. The molecule has 0 spiro atoms. The third kappa shape index (κ3) is 6.03. The van der Waals surface area contributed by atoms with Crippen molar-refractivity contribution in [2.45, 2.75) is 20.0 Å². The summed E-state index contributed by atoms with van der Waals surface area (Å²) in [5.74, 6) is -0.273. The van der Waals surface area contributed by atoms with Gasteiger partial charge in [-0.2, -0.15) is 0 Å². The third-order valence-corrected chi connectivity index (χ3v) is 4.03. The summed E-state index contributed by atoms with van der Waals surface area (Å²) in [5.41, 5.74) is 1.39. The monoisotopic (exact) mass is 403 g/mol. The van der Waals surface area contributed by atoms with Gasteiger partial charge in [0.15, 0.2) is 24.2 Å². The largest absolute Gasteiger partial charge is 0.493 e. The molecule has 0 aliphatic carbocycles. The van der Waals surface area contributed by atoms with Crippen molar-refractivity contribution >= 4 is 35.2 Å². The molecule has 0 bridgehead atoms. The Bertz CT molecular complexity index is 866. The molecule has 0 heterocycles. The van der Waals surface area contributed by atoms with Gasteiger partial charge >= 0.3 is 5.97 Å². The zero-order chi connectivity index (χ0) is 20.5. The van der Waals surface area contributed by atoms with Gasteiger partial charge in [0.1, 0.15) is 0 Å². The summed E-state index contributed by atoms with van der Waals surface area (Å²) in [6, 6.07) is 12.1. The normalized spacial score (nSPS) is 11.7. The quantitative estimate of drug-likeness (QED) is 0.664. The highest BCUT2D eigenvalue weighted by molar-refractivity contribution is 6.33. The van der Waals surface area contributed by atoms with Crippen molar-refractivity contribution in [1.82, 2.24) is 0 Å². The molecule has 0 aliphatic heterocycles. The molecule has 2 aromatic carbocycles. The maximum Gasteiger partial charge on any atom is 0.344 e. The maximum absolute atomic E-state index is 12.2. The minimum absolute atomic E-state index is 0.358. The third-order valence-electron chi connectivity index (χ3n) is 3.70. The molecule has 0 aliphatic rings. The van der Waals surface area contributed by atoms with Crippen molar-refractivity contribution in [2.75, 3.05) is 19.0 Å². The van der Waals surface area contributed by atoms with E-state index in [4.69, 9.17) is 25.8 Å². The van der Waals surface area contributed by atoms with Crippen LogP contribution in [-0.4, -0.2) is 31.7 Å². The van der Waals surface area contributed by atoms with Crippen LogP contribution in [0.15, 0.2) is 48.5 Å². The highest BCUT2D eigenvalue weighted by Crippen LogP contribution is 2.28. The first-order valence-electron chi connectivity index (χ1n) is 8.63. The summed E-state index contributed by atoms with van der Waals surface area (Å²) in [4.78, 5) is 24.2. The molecule has 0 radical (unpaired) electrons. The number of amides is 1. The molecule has 1 N–H and O–H groups in total. The van der Waals surface area contributed by atoms with Gasteiger partial charge in [0, 0.05) is 0 Å². The van der Waals surface area contributed by atoms with Gasteiger partial charge < -0.3 is 19.5 Å². The Balaban J connectivity index is 1.89. The lowest BCUT2D eigenvalue weighted by Gasteiger charge is -2.15. The number of para-hydroxylation sites is 1. The van der Waals surface area contributed by atoms with E-state index in [2.05, 4.69) is 5.32 Å². The van der Waals surface area contributed by atoms with Crippen molar-refractivity contribution < 1.29 is 23.8 Å². The summed E-state index contributed by atoms with van der Waals surface area (Å²) in [6.07, 6.45) is 2.81. The Morgan fingerprint density at radius 3 is 2.61 bits per heavy atom. The number of esters is 1. The van der Waals surface area contributed by atoms with Crippen molar-refractivity contribution in [3.05, 3.63) is 59.1 Å². The zero-order valence-corrected chi connectivity index (χ0v) is 16.7. The fraction of sp³-hybridized carbons (Fsp3) is 0.238. The number of hydrogen-bond donors (Lipinski definition) is 1. The molecule has 28 heavy (non-hydrogen) atoms. The van der Waals surface area contributed by atoms with Crippen molar-refractivity contribution in [2.24, 2.45) is 0 Å². The van der Waals surface area contributed by atoms with E-state index in [1.807, 2.05) is 25.1 Å². The van der Waals surface area contributed by atoms with E-state index in [-0.39, 0.29) is 6.61 Å². The average molecular weight is 404 g/mol. The molecule has 6 nitrogen and oxygen atoms in total. The number of nitrogens with one attached hydrogen (secondary N) is 1. The van der Waals surface area contributed by atoms with E-state index in [1.165, 1.54) is 14.0 Å². The van der Waals surface area contributed by atoms with E-state index in [0.29, 0.717) is 22.2 Å². The Morgan fingerprint density at radius 2 is 1.93 bits per heavy atom. The van der Waals surface area contributed by atoms with Crippen LogP contribution in [0.2, 0.25) is 5.02 Å². The summed E-state index contributed by atoms with van der Waals surface area (Å²) in [5, 5.41) is 3.00. The van der Waals surface area contributed by atoms with Gasteiger partial charge in [-0.25, -0.2) is 4.79 Å². The Labute approximate surface area is 169 Å². The van der Waals surface area contributed by atoms with Crippen LogP contribution in [0, 0.1) is 0 Å². The number of hydrogen-bond acceptors (Lipinski definition) is 5. The number of rotatable bonds is 8. The molecule has 148 valence electrons. The Hall–Kier alpha value is -2.99. The molecule has 0 saturated carbocycles. The van der Waals surface area contributed by atoms with Crippen LogP contribution in [0.3, 0.4) is 0 Å². The highest BCUT2D eigenvalue weighted by Gasteiger charge is 2.19. The predicted molar refractivity (Wildman–Crippen MR) is 109 cm³/mol. The van der Waals surface area contributed by atoms with Gasteiger partial charge in [-0.1, -0.05) is 42.0 Å². The lowest BCUT2D eigenvalue weighted by atomic mass is 10.2. The first kappa shape index (κ1) is 21.3. The fourth-order valence-electron chi connectivity index (χ4n) is 2.32. The number of anilines is 1. The summed E-state index contributed by atoms with van der Waals surface area (Å²) < 4.78 is 15.8. The second-order valence-corrected chi connectivity index (χ2v) is 6.21. The maximum atomic E-state index is 12.2. The lowest BCUT2D eigenvalue weighted by molar-refractivity contribution is -0.155. The number of carbonyl (C=O) groups is 2. The van der Waals surface area contributed by atoms with Gasteiger partial charge in [0.2, 0.25) is 0 Å². The summed E-state index contributed by atoms with van der Waals surface area (Å²) in [6.45, 7) is 3.02. The van der Waals surface area contributed by atoms with Crippen molar-refractivity contribution in [3.8, 4) is 11.5 Å². The van der Waals surface area contributed by atoms with Gasteiger partial charge in [-0.05, 0) is 43.7 Å². The molecule has 7 heteroatoms. The second kappa shape index (κ2) is 10.4. The van der Waals surface area contributed by atoms with Gasteiger partial charge in [0.05, 0.1) is 17.8 Å². The Morgan fingerprint density at radius 1 is 1.18 bits per heavy atom. The molecule has 2 rings (SSSR count). The molecule has 1 amide bonds. The van der Waals surface area contributed by atoms with Gasteiger partial charge in [-0.3, -0.25) is 4.79 Å². The van der Waals surface area contributed by atoms with E-state index in [9.17, 15) is 9.59 Å². The zero-order valence-electron chi connectivity index (χ0n) is 15.9. The first-order chi connectivity index (χ1) is 13.4. The number of benzene rings is 2. The molecular weight excluding hydrogens is 382 g/mol. The number of methoxy groups -OCH3 is 1. The topological polar surface area (TPSA) is 73.9 Å². The molecule has 0 unspecified atom stereocenters. The second-order valence-electron chi connectivity index (χ2n) is 5.80. The molecule has 2 aromatic rings. The predicted octanol–water partition coefficient (Wildman–Crippen LogP) is 4.33. The number of allylic oxidation sites excluding steroid dienone is 1. The van der Waals surface area contributed by atoms with Crippen LogP contribution in [0.1, 0.15) is 19.4 Å². The van der Waals surface area contributed by atoms with Gasteiger partial charge in [-0.15, -0.1) is 0 Å². The van der Waals surface area contributed by atoms with Crippen LogP contribution in [0.25, 0.3) is 6.08 Å². The minimum atomic E-state index is -1.01. The van der Waals surface area contributed by atoms with Crippen molar-refractivity contribution in [1.29, 1.82) is 0 Å². The minimum Gasteiger partial charge on any atom is -0.493 e. The van der Waals surface area contributed by atoms with Crippen LogP contribution >= 0.6 is 11.6 Å². The van der Waals surface area contributed by atoms with Crippen LogP contribution in [-0.2, 0) is 14.3 Å². The molecule has 0 saturated heterocycles. The smallest absolute Gasteiger partial charge is 0.344 e. The standard InChI is InChI=1S/C21H22ClNO5/c1-4-7-15-10-11-18(19(12-15)26-3)27-13-20(24)28-14(2)21(25)23-17-9-6-5-8-16(17)22/h4-12,14H,13H2,1-3H3,(H,23,25)/b7-4+/t14-/m0/s1. The molecule has 0 fully saturated rings. The number of halogens is 1. The molecular formula is C21H22ClNO5. The van der Waals surface area contributed by atoms with E-state index in [0.717, 1.165) is 5.56 Å². The Kier molecular flexibility index (Phi) is 7.89. The highest BCUT2D eigenvalue weighted by atomic mass is 35.5. The van der Waals surface area contributed by atoms with Crippen LogP contribution in [0.5, 0.6) is 11.5 Å². The van der Waals surface area contributed by atoms with E-state index in [1.54, 1.807) is 36.4 Å². The summed E-state index contributed by atoms with van der Waals surface area (Å²) in [7, 11) is 1.51. The fourth-order valence-corrected chi connectivity index (χ4v) is 2.50. The number of carbonyl (C=O) groups excluding carboxylic acids is 2. The SMILES string of the molecule is C/C=C/c1ccc(OCC(=O)O[C@@H](C)C(=O)Nc2ccccc2Cl)c(OC)c1.